The third-order valence-electron chi connectivity index (χ3n) is 2.31. The van der Waals surface area contributed by atoms with Crippen molar-refractivity contribution in [2.24, 2.45) is 5.73 Å². The van der Waals surface area contributed by atoms with E-state index in [1.165, 1.54) is 0 Å². The summed E-state index contributed by atoms with van der Waals surface area (Å²) >= 11 is 0. The molecule has 1 atom stereocenters. The molecule has 0 fully saturated rings. The van der Waals surface area contributed by atoms with Crippen LogP contribution in [0, 0.1) is 0 Å². The number of nitrogens with two attached hydrogens (primary N) is 1. The molecule has 0 aromatic heterocycles. The largest absolute Gasteiger partial charge is 0.478 e. The van der Waals surface area contributed by atoms with Gasteiger partial charge in [0, 0.05) is 6.61 Å². The second kappa shape index (κ2) is 4.92. The van der Waals surface area contributed by atoms with Crippen LogP contribution in [0.4, 0.5) is 0 Å². The van der Waals surface area contributed by atoms with Crippen molar-refractivity contribution < 1.29 is 24.2 Å². The summed E-state index contributed by atoms with van der Waals surface area (Å²) in [5.41, 5.74) is 4.63. The number of aliphatic carboxylic acids is 1. The zero-order valence-electron chi connectivity index (χ0n) is 9.52. The second-order valence-corrected chi connectivity index (χ2v) is 3.47. The van der Waals surface area contributed by atoms with Crippen molar-refractivity contribution in [2.45, 2.75) is 20.0 Å². The van der Waals surface area contributed by atoms with Gasteiger partial charge < -0.3 is 15.6 Å². The smallest absolute Gasteiger partial charge is 0.337 e. The minimum atomic E-state index is -1.29. The summed E-state index contributed by atoms with van der Waals surface area (Å²) in [4.78, 5) is 34.0. The predicted molar refractivity (Wildman–Crippen MR) is 58.0 cm³/mol. The lowest BCUT2D eigenvalue weighted by Crippen LogP contribution is -2.35. The summed E-state index contributed by atoms with van der Waals surface area (Å²) < 4.78 is 5.07. The molecule has 0 bridgehead atoms. The van der Waals surface area contributed by atoms with Crippen LogP contribution in [0.5, 0.6) is 0 Å². The van der Waals surface area contributed by atoms with E-state index in [0.717, 1.165) is 13.0 Å². The van der Waals surface area contributed by atoms with E-state index >= 15 is 0 Å². The molecule has 1 aliphatic rings. The van der Waals surface area contributed by atoms with Crippen LogP contribution in [-0.2, 0) is 19.1 Å². The Balaban J connectivity index is 3.30. The van der Waals surface area contributed by atoms with Crippen molar-refractivity contribution in [3.05, 3.63) is 22.9 Å². The summed E-state index contributed by atoms with van der Waals surface area (Å²) in [7, 11) is 0. The number of carboxylic acids is 1. The monoisotopic (exact) mass is 239 g/mol. The van der Waals surface area contributed by atoms with Crippen molar-refractivity contribution in [1.82, 2.24) is 0 Å². The number of carboxylic acid groups (broad SMARTS) is 1. The first kappa shape index (κ1) is 13.1. The fourth-order valence-corrected chi connectivity index (χ4v) is 1.58. The second-order valence-electron chi connectivity index (χ2n) is 3.47. The Hall–Kier alpha value is -1.95. The Morgan fingerprint density at radius 2 is 2.12 bits per heavy atom. The summed E-state index contributed by atoms with van der Waals surface area (Å²) in [5, 5.41) is 8.92. The molecule has 0 saturated heterocycles. The summed E-state index contributed by atoms with van der Waals surface area (Å²) in [5.74, 6) is -2.45. The van der Waals surface area contributed by atoms with Crippen LogP contribution < -0.4 is 5.73 Å². The lowest BCUT2D eigenvalue weighted by atomic mass is 9.90. The zero-order chi connectivity index (χ0) is 13.2. The van der Waals surface area contributed by atoms with E-state index in [9.17, 15) is 14.4 Å². The van der Waals surface area contributed by atoms with Crippen LogP contribution in [0.25, 0.3) is 0 Å². The van der Waals surface area contributed by atoms with Gasteiger partial charge in [0.05, 0.1) is 16.8 Å². The average molecular weight is 239 g/mol. The minimum Gasteiger partial charge on any atom is -0.478 e. The Labute approximate surface area is 97.7 Å². The number of Topliss-reactive ketones (excluding diaryl/α,β-unsaturated/α-hetero) is 2. The average Bonchev–Trinajstić information content (AvgIpc) is 2.21. The Morgan fingerprint density at radius 3 is 2.53 bits per heavy atom. The van der Waals surface area contributed by atoms with Gasteiger partial charge >= 0.3 is 5.97 Å². The molecule has 0 heterocycles. The van der Waals surface area contributed by atoms with E-state index in [-0.39, 0.29) is 23.5 Å². The van der Waals surface area contributed by atoms with Crippen molar-refractivity contribution in [3.63, 3.8) is 0 Å². The van der Waals surface area contributed by atoms with Crippen molar-refractivity contribution >= 4 is 17.5 Å². The van der Waals surface area contributed by atoms with Gasteiger partial charge in [0.25, 0.3) is 0 Å². The number of ether oxygens (including phenoxy) is 1. The van der Waals surface area contributed by atoms with Gasteiger partial charge in [-0.05, 0) is 19.9 Å². The molecule has 1 aliphatic carbocycles. The highest BCUT2D eigenvalue weighted by molar-refractivity contribution is 6.24. The minimum absolute atomic E-state index is 0.227. The van der Waals surface area contributed by atoms with E-state index in [4.69, 9.17) is 15.6 Å². The first-order valence-electron chi connectivity index (χ1n) is 5.02. The summed E-state index contributed by atoms with van der Waals surface area (Å²) in [6, 6.07) is 0. The van der Waals surface area contributed by atoms with Gasteiger partial charge in [-0.1, -0.05) is 0 Å². The fraction of sp³-hybridized carbons (Fsp3) is 0.364. The highest BCUT2D eigenvalue weighted by Gasteiger charge is 2.34. The van der Waals surface area contributed by atoms with Crippen LogP contribution in [0.2, 0.25) is 0 Å². The molecule has 0 aromatic carbocycles. The topological polar surface area (TPSA) is 107 Å². The molecule has 92 valence electrons. The molecule has 0 saturated carbocycles. The van der Waals surface area contributed by atoms with Gasteiger partial charge in [0.1, 0.15) is 6.10 Å². The molecule has 0 radical (unpaired) electrons. The van der Waals surface area contributed by atoms with Gasteiger partial charge in [0.2, 0.25) is 5.78 Å². The van der Waals surface area contributed by atoms with Crippen LogP contribution in [0.1, 0.15) is 13.8 Å². The standard InChI is InChI=1S/C11H13NO5/c1-3-17-7-4-6(11(15)16)9(12)8(5(2)13)10(7)14/h4,7H,3,12H2,1-2H3,(H,15,16). The van der Waals surface area contributed by atoms with Gasteiger partial charge in [-0.15, -0.1) is 0 Å². The normalized spacial score (nSPS) is 20.2. The molecule has 0 aromatic rings. The van der Waals surface area contributed by atoms with Crippen LogP contribution in [-0.4, -0.2) is 35.4 Å². The lowest BCUT2D eigenvalue weighted by Gasteiger charge is -2.20. The molecule has 0 spiro atoms. The molecule has 1 rings (SSSR count). The Morgan fingerprint density at radius 1 is 1.53 bits per heavy atom. The third-order valence-corrected chi connectivity index (χ3v) is 2.31. The first-order valence-corrected chi connectivity index (χ1v) is 5.02. The molecule has 1 unspecified atom stereocenters. The Bertz CT molecular complexity index is 447. The predicted octanol–water partition coefficient (Wildman–Crippen LogP) is -0.213. The summed E-state index contributed by atoms with van der Waals surface area (Å²) in [6.45, 7) is 3.05. The molecular formula is C11H13NO5. The van der Waals surface area contributed by atoms with Crippen LogP contribution >= 0.6 is 0 Å². The molecule has 6 nitrogen and oxygen atoms in total. The van der Waals surface area contributed by atoms with Gasteiger partial charge in [-0.3, -0.25) is 9.59 Å². The van der Waals surface area contributed by atoms with Gasteiger partial charge in [-0.2, -0.15) is 0 Å². The van der Waals surface area contributed by atoms with Crippen molar-refractivity contribution in [2.75, 3.05) is 6.61 Å². The van der Waals surface area contributed by atoms with Gasteiger partial charge in [0.15, 0.2) is 5.78 Å². The number of carbonyl (C=O) groups excluding carboxylic acids is 2. The van der Waals surface area contributed by atoms with E-state index < -0.39 is 23.6 Å². The van der Waals surface area contributed by atoms with E-state index in [1.807, 2.05) is 0 Å². The van der Waals surface area contributed by atoms with Crippen LogP contribution in [0.15, 0.2) is 22.9 Å². The molecular weight excluding hydrogens is 226 g/mol. The molecule has 0 aliphatic heterocycles. The number of ketones is 2. The fourth-order valence-electron chi connectivity index (χ4n) is 1.58. The lowest BCUT2D eigenvalue weighted by molar-refractivity contribution is -0.132. The maximum absolute atomic E-state index is 11.8. The summed E-state index contributed by atoms with van der Waals surface area (Å²) in [6.07, 6.45) is 0.0629. The van der Waals surface area contributed by atoms with Crippen molar-refractivity contribution in [3.8, 4) is 0 Å². The molecule has 0 amide bonds. The molecule has 3 N–H and O–H groups in total. The maximum Gasteiger partial charge on any atom is 0.337 e. The first-order chi connectivity index (χ1) is 7.90. The Kier molecular flexibility index (Phi) is 3.80. The molecule has 6 heteroatoms. The quantitative estimate of drug-likeness (QED) is 0.657. The van der Waals surface area contributed by atoms with E-state index in [1.54, 1.807) is 6.92 Å². The highest BCUT2D eigenvalue weighted by atomic mass is 16.5. The highest BCUT2D eigenvalue weighted by Crippen LogP contribution is 2.22. The third kappa shape index (κ3) is 2.42. The zero-order valence-corrected chi connectivity index (χ0v) is 9.52. The van der Waals surface area contributed by atoms with Crippen LogP contribution in [0.3, 0.4) is 0 Å². The van der Waals surface area contributed by atoms with Gasteiger partial charge in [-0.25, -0.2) is 4.79 Å². The number of hydrogen-bond acceptors (Lipinski definition) is 5. The van der Waals surface area contributed by atoms with Crippen molar-refractivity contribution in [1.29, 1.82) is 0 Å². The number of rotatable bonds is 4. The maximum atomic E-state index is 11.8. The number of carbonyl (C=O) groups is 3. The number of hydrogen-bond donors (Lipinski definition) is 2. The van der Waals surface area contributed by atoms with E-state index in [2.05, 4.69) is 0 Å². The van der Waals surface area contributed by atoms with E-state index in [0.29, 0.717) is 0 Å². The molecule has 17 heavy (non-hydrogen) atoms. The SMILES string of the molecule is CCOC1C=C(C(=O)O)C(N)=C(C(C)=O)C1=O.